The van der Waals surface area contributed by atoms with E-state index in [1.807, 2.05) is 28.5 Å². The van der Waals surface area contributed by atoms with Crippen molar-refractivity contribution in [2.24, 2.45) is 5.73 Å². The zero-order valence-electron chi connectivity index (χ0n) is 11.4. The monoisotopic (exact) mass is 304 g/mol. The number of aromatic nitrogens is 2. The van der Waals surface area contributed by atoms with Gasteiger partial charge in [0.2, 0.25) is 5.91 Å². The number of thiazole rings is 1. The second-order valence-electron chi connectivity index (χ2n) is 4.82. The van der Waals surface area contributed by atoms with E-state index in [9.17, 15) is 4.79 Å². The van der Waals surface area contributed by atoms with E-state index >= 15 is 0 Å². The number of hydrogen-bond donors (Lipinski definition) is 1. The van der Waals surface area contributed by atoms with Crippen molar-refractivity contribution in [3.63, 3.8) is 0 Å². The van der Waals surface area contributed by atoms with E-state index < -0.39 is 0 Å². The Kier molecular flexibility index (Phi) is 4.23. The molecule has 1 atom stereocenters. The molecule has 3 rings (SSSR count). The summed E-state index contributed by atoms with van der Waals surface area (Å²) in [5.74, 6) is -0.352. The van der Waals surface area contributed by atoms with E-state index in [1.54, 1.807) is 17.5 Å². The molecule has 1 unspecified atom stereocenters. The maximum atomic E-state index is 11.5. The third kappa shape index (κ3) is 3.26. The SMILES string of the molecule is NC(=O)C1COCCN1Cc1csc(-c2ccccn2)n1. The number of morpholine rings is 1. The van der Waals surface area contributed by atoms with Crippen LogP contribution in [-0.4, -0.2) is 46.6 Å². The Hall–Kier alpha value is -1.83. The third-order valence-corrected chi connectivity index (χ3v) is 4.28. The molecule has 3 heterocycles. The van der Waals surface area contributed by atoms with Gasteiger partial charge < -0.3 is 10.5 Å². The van der Waals surface area contributed by atoms with Crippen LogP contribution in [0.1, 0.15) is 5.69 Å². The minimum Gasteiger partial charge on any atom is -0.378 e. The minimum absolute atomic E-state index is 0.352. The summed E-state index contributed by atoms with van der Waals surface area (Å²) in [5, 5.41) is 2.88. The quantitative estimate of drug-likeness (QED) is 0.907. The Balaban J connectivity index is 1.73. The molecule has 0 aliphatic carbocycles. The number of hydrogen-bond acceptors (Lipinski definition) is 6. The van der Waals surface area contributed by atoms with Crippen molar-refractivity contribution >= 4 is 17.2 Å². The van der Waals surface area contributed by atoms with Gasteiger partial charge in [-0.2, -0.15) is 0 Å². The lowest BCUT2D eigenvalue weighted by atomic mass is 10.2. The summed E-state index contributed by atoms with van der Waals surface area (Å²) in [5.41, 5.74) is 7.21. The zero-order valence-corrected chi connectivity index (χ0v) is 12.3. The standard InChI is InChI=1S/C14H16N4O2S/c15-13(19)12-8-20-6-5-18(12)7-10-9-21-14(17-10)11-3-1-2-4-16-11/h1-4,9,12H,5-8H2,(H2,15,19). The molecule has 2 N–H and O–H groups in total. The Labute approximate surface area is 126 Å². The highest BCUT2D eigenvalue weighted by molar-refractivity contribution is 7.13. The maximum absolute atomic E-state index is 11.5. The molecule has 1 fully saturated rings. The van der Waals surface area contributed by atoms with Gasteiger partial charge in [0, 0.05) is 24.7 Å². The third-order valence-electron chi connectivity index (χ3n) is 3.37. The number of primary amides is 1. The van der Waals surface area contributed by atoms with Crippen LogP contribution >= 0.6 is 11.3 Å². The second kappa shape index (κ2) is 6.30. The highest BCUT2D eigenvalue weighted by atomic mass is 32.1. The predicted octanol–water partition coefficient (Wildman–Crippen LogP) is 0.891. The molecule has 1 saturated heterocycles. The van der Waals surface area contributed by atoms with Crippen molar-refractivity contribution in [3.05, 3.63) is 35.5 Å². The molecule has 1 aliphatic heterocycles. The lowest BCUT2D eigenvalue weighted by molar-refractivity contribution is -0.129. The molecule has 110 valence electrons. The van der Waals surface area contributed by atoms with Crippen LogP contribution in [0.15, 0.2) is 29.8 Å². The van der Waals surface area contributed by atoms with E-state index in [4.69, 9.17) is 10.5 Å². The first-order valence-corrected chi connectivity index (χ1v) is 7.59. The van der Waals surface area contributed by atoms with Crippen LogP contribution in [0, 0.1) is 0 Å². The normalized spacial score (nSPS) is 19.5. The van der Waals surface area contributed by atoms with Gasteiger partial charge in [0.15, 0.2) is 0 Å². The van der Waals surface area contributed by atoms with E-state index in [0.717, 1.165) is 16.4 Å². The van der Waals surface area contributed by atoms with Gasteiger partial charge in [-0.3, -0.25) is 14.7 Å². The molecule has 21 heavy (non-hydrogen) atoms. The number of nitrogens with two attached hydrogens (primary N) is 1. The summed E-state index contributed by atoms with van der Waals surface area (Å²) in [4.78, 5) is 22.4. The number of ether oxygens (including phenoxy) is 1. The fourth-order valence-corrected chi connectivity index (χ4v) is 3.07. The van der Waals surface area contributed by atoms with Crippen LogP contribution in [0.4, 0.5) is 0 Å². The number of nitrogens with zero attached hydrogens (tertiary/aromatic N) is 3. The lowest BCUT2D eigenvalue weighted by Crippen LogP contribution is -2.51. The van der Waals surface area contributed by atoms with Gasteiger partial charge >= 0.3 is 0 Å². The molecule has 0 bridgehead atoms. The van der Waals surface area contributed by atoms with Gasteiger partial charge in [0.05, 0.1) is 24.6 Å². The molecular weight excluding hydrogens is 288 g/mol. The molecule has 0 spiro atoms. The number of carbonyl (C=O) groups excluding carboxylic acids is 1. The van der Waals surface area contributed by atoms with E-state index in [2.05, 4.69) is 9.97 Å². The molecule has 0 saturated carbocycles. The van der Waals surface area contributed by atoms with Crippen molar-refractivity contribution < 1.29 is 9.53 Å². The fourth-order valence-electron chi connectivity index (χ4n) is 2.28. The summed E-state index contributed by atoms with van der Waals surface area (Å²) in [6.45, 7) is 2.25. The molecule has 2 aromatic rings. The van der Waals surface area contributed by atoms with Crippen molar-refractivity contribution in [1.29, 1.82) is 0 Å². The van der Waals surface area contributed by atoms with Crippen LogP contribution in [-0.2, 0) is 16.1 Å². The van der Waals surface area contributed by atoms with Crippen molar-refractivity contribution in [2.75, 3.05) is 19.8 Å². The molecule has 0 radical (unpaired) electrons. The average Bonchev–Trinajstić information content (AvgIpc) is 2.97. The van der Waals surface area contributed by atoms with Crippen LogP contribution in [0.3, 0.4) is 0 Å². The lowest BCUT2D eigenvalue weighted by Gasteiger charge is -2.32. The molecule has 6 nitrogen and oxygen atoms in total. The van der Waals surface area contributed by atoms with Crippen LogP contribution in [0.2, 0.25) is 0 Å². The Morgan fingerprint density at radius 2 is 2.43 bits per heavy atom. The van der Waals surface area contributed by atoms with Gasteiger partial charge in [0.1, 0.15) is 11.0 Å². The van der Waals surface area contributed by atoms with Gasteiger partial charge in [0.25, 0.3) is 0 Å². The number of rotatable bonds is 4. The summed E-state index contributed by atoms with van der Waals surface area (Å²) in [7, 11) is 0. The number of pyridine rings is 1. The van der Waals surface area contributed by atoms with Gasteiger partial charge in [-0.05, 0) is 12.1 Å². The highest BCUT2D eigenvalue weighted by Crippen LogP contribution is 2.22. The largest absolute Gasteiger partial charge is 0.378 e. The Morgan fingerprint density at radius 3 is 3.19 bits per heavy atom. The maximum Gasteiger partial charge on any atom is 0.237 e. The molecule has 7 heteroatoms. The first kappa shape index (κ1) is 14.1. The van der Waals surface area contributed by atoms with Crippen LogP contribution in [0.25, 0.3) is 10.7 Å². The van der Waals surface area contributed by atoms with E-state index in [0.29, 0.717) is 26.3 Å². The summed E-state index contributed by atoms with van der Waals surface area (Å²) in [6, 6.07) is 5.38. The first-order chi connectivity index (χ1) is 10.2. The smallest absolute Gasteiger partial charge is 0.237 e. The second-order valence-corrected chi connectivity index (χ2v) is 5.68. The fraction of sp³-hybridized carbons (Fsp3) is 0.357. The molecule has 2 aromatic heterocycles. The van der Waals surface area contributed by atoms with Crippen LogP contribution in [0.5, 0.6) is 0 Å². The Bertz CT molecular complexity index is 616. The van der Waals surface area contributed by atoms with Crippen molar-refractivity contribution in [2.45, 2.75) is 12.6 Å². The van der Waals surface area contributed by atoms with Crippen LogP contribution < -0.4 is 5.73 Å². The molecular formula is C14H16N4O2S. The molecule has 1 aliphatic rings. The zero-order chi connectivity index (χ0) is 14.7. The topological polar surface area (TPSA) is 81.3 Å². The molecule has 0 aromatic carbocycles. The van der Waals surface area contributed by atoms with Gasteiger partial charge in [-0.1, -0.05) is 6.07 Å². The highest BCUT2D eigenvalue weighted by Gasteiger charge is 2.28. The molecule has 1 amide bonds. The van der Waals surface area contributed by atoms with Crippen molar-refractivity contribution in [1.82, 2.24) is 14.9 Å². The number of carbonyl (C=O) groups is 1. The number of amides is 1. The predicted molar refractivity (Wildman–Crippen MR) is 79.6 cm³/mol. The Morgan fingerprint density at radius 1 is 1.52 bits per heavy atom. The van der Waals surface area contributed by atoms with E-state index in [-0.39, 0.29) is 11.9 Å². The average molecular weight is 304 g/mol. The minimum atomic E-state index is -0.376. The van der Waals surface area contributed by atoms with Gasteiger partial charge in [-0.15, -0.1) is 11.3 Å². The van der Waals surface area contributed by atoms with E-state index in [1.165, 1.54) is 0 Å². The summed E-state index contributed by atoms with van der Waals surface area (Å²) < 4.78 is 5.32. The van der Waals surface area contributed by atoms with Gasteiger partial charge in [-0.25, -0.2) is 4.98 Å². The summed E-state index contributed by atoms with van der Waals surface area (Å²) >= 11 is 1.55. The first-order valence-electron chi connectivity index (χ1n) is 6.71. The summed E-state index contributed by atoms with van der Waals surface area (Å²) in [6.07, 6.45) is 1.75. The van der Waals surface area contributed by atoms with Crippen molar-refractivity contribution in [3.8, 4) is 10.7 Å².